The highest BCUT2D eigenvalue weighted by Crippen LogP contribution is 2.23. The molecule has 0 radical (unpaired) electrons. The summed E-state index contributed by atoms with van der Waals surface area (Å²) in [6.07, 6.45) is 4.64. The Morgan fingerprint density at radius 2 is 1.84 bits per heavy atom. The number of hydrogen-bond donors (Lipinski definition) is 1. The molecule has 1 saturated heterocycles. The monoisotopic (exact) mass is 414 g/mol. The summed E-state index contributed by atoms with van der Waals surface area (Å²) in [7, 11) is 0. The first-order chi connectivity index (χ1) is 15.2. The van der Waals surface area contributed by atoms with E-state index in [-0.39, 0.29) is 6.03 Å². The molecule has 1 N–H and O–H groups in total. The van der Waals surface area contributed by atoms with Crippen LogP contribution in [0.2, 0.25) is 0 Å². The van der Waals surface area contributed by atoms with Gasteiger partial charge in [-0.25, -0.2) is 9.78 Å². The van der Waals surface area contributed by atoms with E-state index in [2.05, 4.69) is 32.3 Å². The van der Waals surface area contributed by atoms with Crippen molar-refractivity contribution in [3.05, 3.63) is 78.2 Å². The van der Waals surface area contributed by atoms with Gasteiger partial charge in [0.25, 0.3) is 0 Å². The SMILES string of the molecule is N#Cc1cccc(Oc2cccc(CN3CCN(C(=O)Nc4cnccn4)CC3)c2)c1. The van der Waals surface area contributed by atoms with E-state index in [0.29, 0.717) is 30.2 Å². The highest BCUT2D eigenvalue weighted by Gasteiger charge is 2.21. The van der Waals surface area contributed by atoms with Crippen LogP contribution in [0.3, 0.4) is 0 Å². The largest absolute Gasteiger partial charge is 0.457 e. The second-order valence-corrected chi connectivity index (χ2v) is 7.17. The van der Waals surface area contributed by atoms with Gasteiger partial charge in [0.15, 0.2) is 5.82 Å². The van der Waals surface area contributed by atoms with Crippen LogP contribution in [0.15, 0.2) is 67.1 Å². The van der Waals surface area contributed by atoms with E-state index in [9.17, 15) is 4.79 Å². The molecule has 0 unspecified atom stereocenters. The smallest absolute Gasteiger partial charge is 0.323 e. The van der Waals surface area contributed by atoms with Crippen molar-refractivity contribution in [1.82, 2.24) is 19.8 Å². The molecule has 0 atom stereocenters. The molecule has 3 aromatic rings. The quantitative estimate of drug-likeness (QED) is 0.687. The summed E-state index contributed by atoms with van der Waals surface area (Å²) >= 11 is 0. The zero-order chi connectivity index (χ0) is 21.5. The highest BCUT2D eigenvalue weighted by atomic mass is 16.5. The van der Waals surface area contributed by atoms with Gasteiger partial charge in [0.1, 0.15) is 11.5 Å². The molecule has 0 bridgehead atoms. The number of benzene rings is 2. The second kappa shape index (κ2) is 9.69. The normalized spacial score (nSPS) is 14.0. The van der Waals surface area contributed by atoms with Crippen LogP contribution < -0.4 is 10.1 Å². The maximum Gasteiger partial charge on any atom is 0.323 e. The molecule has 1 aromatic heterocycles. The first-order valence-electron chi connectivity index (χ1n) is 10.0. The fourth-order valence-corrected chi connectivity index (χ4v) is 3.39. The zero-order valence-electron chi connectivity index (χ0n) is 16.9. The predicted molar refractivity (Wildman–Crippen MR) is 116 cm³/mol. The van der Waals surface area contributed by atoms with Gasteiger partial charge in [-0.1, -0.05) is 18.2 Å². The van der Waals surface area contributed by atoms with Crippen LogP contribution in [0.1, 0.15) is 11.1 Å². The molecule has 1 fully saturated rings. The third kappa shape index (κ3) is 5.56. The minimum Gasteiger partial charge on any atom is -0.457 e. The lowest BCUT2D eigenvalue weighted by Crippen LogP contribution is -2.49. The first kappa shape index (κ1) is 20.3. The number of urea groups is 1. The van der Waals surface area contributed by atoms with Crippen LogP contribution in [-0.4, -0.2) is 52.0 Å². The van der Waals surface area contributed by atoms with Crippen molar-refractivity contribution in [1.29, 1.82) is 5.26 Å². The number of aromatic nitrogens is 2. The van der Waals surface area contributed by atoms with Crippen molar-refractivity contribution in [2.24, 2.45) is 0 Å². The molecule has 156 valence electrons. The number of piperazine rings is 1. The number of carbonyl (C=O) groups is 1. The maximum atomic E-state index is 12.4. The van der Waals surface area contributed by atoms with Crippen LogP contribution in [0.4, 0.5) is 10.6 Å². The first-order valence-corrected chi connectivity index (χ1v) is 10.0. The van der Waals surface area contributed by atoms with Crippen molar-refractivity contribution in [2.75, 3.05) is 31.5 Å². The number of rotatable bonds is 5. The fraction of sp³-hybridized carbons (Fsp3) is 0.217. The topological polar surface area (TPSA) is 94.4 Å². The molecule has 1 aliphatic heterocycles. The summed E-state index contributed by atoms with van der Waals surface area (Å²) in [5.41, 5.74) is 1.70. The van der Waals surface area contributed by atoms with E-state index in [1.165, 1.54) is 6.20 Å². The molecule has 2 amide bonds. The number of nitrogens with one attached hydrogen (secondary N) is 1. The van der Waals surface area contributed by atoms with Crippen LogP contribution in [0.25, 0.3) is 0 Å². The summed E-state index contributed by atoms with van der Waals surface area (Å²) in [5.74, 6) is 1.82. The summed E-state index contributed by atoms with van der Waals surface area (Å²) in [6.45, 7) is 3.62. The Hall–Kier alpha value is -3.96. The number of nitrogens with zero attached hydrogens (tertiary/aromatic N) is 5. The average molecular weight is 414 g/mol. The number of amides is 2. The van der Waals surface area contributed by atoms with Gasteiger partial charge in [0.05, 0.1) is 17.8 Å². The minimum absolute atomic E-state index is 0.157. The van der Waals surface area contributed by atoms with Crippen LogP contribution >= 0.6 is 0 Å². The van der Waals surface area contributed by atoms with Gasteiger partial charge in [-0.2, -0.15) is 5.26 Å². The van der Waals surface area contributed by atoms with Gasteiger partial charge < -0.3 is 9.64 Å². The Morgan fingerprint density at radius 3 is 2.58 bits per heavy atom. The van der Waals surface area contributed by atoms with E-state index in [0.717, 1.165) is 30.9 Å². The van der Waals surface area contributed by atoms with Gasteiger partial charge in [0.2, 0.25) is 0 Å². The van der Waals surface area contributed by atoms with Gasteiger partial charge in [0, 0.05) is 45.1 Å². The molecule has 2 aromatic carbocycles. The van der Waals surface area contributed by atoms with E-state index < -0.39 is 0 Å². The number of ether oxygens (including phenoxy) is 1. The maximum absolute atomic E-state index is 12.4. The Morgan fingerprint density at radius 1 is 1.06 bits per heavy atom. The molecular weight excluding hydrogens is 392 g/mol. The zero-order valence-corrected chi connectivity index (χ0v) is 16.9. The Labute approximate surface area is 180 Å². The van der Waals surface area contributed by atoms with E-state index >= 15 is 0 Å². The van der Waals surface area contributed by atoms with Crippen molar-refractivity contribution >= 4 is 11.8 Å². The Bertz CT molecular complexity index is 1070. The Kier molecular flexibility index (Phi) is 6.35. The van der Waals surface area contributed by atoms with Gasteiger partial charge in [-0.15, -0.1) is 0 Å². The molecular formula is C23H22N6O2. The van der Waals surface area contributed by atoms with Crippen molar-refractivity contribution in [3.8, 4) is 17.6 Å². The highest BCUT2D eigenvalue weighted by molar-refractivity contribution is 5.88. The van der Waals surface area contributed by atoms with Crippen molar-refractivity contribution < 1.29 is 9.53 Å². The molecule has 4 rings (SSSR count). The van der Waals surface area contributed by atoms with Crippen LogP contribution in [-0.2, 0) is 6.54 Å². The minimum atomic E-state index is -0.157. The van der Waals surface area contributed by atoms with Gasteiger partial charge >= 0.3 is 6.03 Å². The standard InChI is InChI=1S/C23H22N6O2/c24-15-18-3-1-5-20(13-18)31-21-6-2-4-19(14-21)17-28-9-11-29(12-10-28)23(30)27-22-16-25-7-8-26-22/h1-8,13-14,16H,9-12,17H2,(H,26,27,30). The average Bonchev–Trinajstić information content (AvgIpc) is 2.80. The molecule has 0 spiro atoms. The lowest BCUT2D eigenvalue weighted by molar-refractivity contribution is 0.143. The molecule has 8 nitrogen and oxygen atoms in total. The summed E-state index contributed by atoms with van der Waals surface area (Å²) in [4.78, 5) is 24.5. The van der Waals surface area contributed by atoms with E-state index in [4.69, 9.17) is 10.00 Å². The second-order valence-electron chi connectivity index (χ2n) is 7.17. The lowest BCUT2D eigenvalue weighted by Gasteiger charge is -2.34. The van der Waals surface area contributed by atoms with Gasteiger partial charge in [-0.05, 0) is 35.9 Å². The van der Waals surface area contributed by atoms with E-state index in [1.54, 1.807) is 35.5 Å². The van der Waals surface area contributed by atoms with E-state index in [1.807, 2.05) is 24.3 Å². The molecule has 0 saturated carbocycles. The van der Waals surface area contributed by atoms with Crippen molar-refractivity contribution in [3.63, 3.8) is 0 Å². The van der Waals surface area contributed by atoms with Crippen LogP contribution in [0.5, 0.6) is 11.5 Å². The number of carbonyl (C=O) groups excluding carboxylic acids is 1. The van der Waals surface area contributed by atoms with Crippen LogP contribution in [0, 0.1) is 11.3 Å². The number of nitriles is 1. The molecule has 2 heterocycles. The summed E-state index contributed by atoms with van der Waals surface area (Å²) in [5, 5.41) is 11.8. The molecule has 1 aliphatic rings. The number of hydrogen-bond acceptors (Lipinski definition) is 6. The molecule has 0 aliphatic carbocycles. The fourth-order valence-electron chi connectivity index (χ4n) is 3.39. The predicted octanol–water partition coefficient (Wildman–Crippen LogP) is 3.49. The van der Waals surface area contributed by atoms with Gasteiger partial charge in [-0.3, -0.25) is 15.2 Å². The lowest BCUT2D eigenvalue weighted by atomic mass is 10.2. The number of anilines is 1. The molecule has 8 heteroatoms. The third-order valence-corrected chi connectivity index (χ3v) is 4.96. The van der Waals surface area contributed by atoms with Crippen molar-refractivity contribution in [2.45, 2.75) is 6.54 Å². The third-order valence-electron chi connectivity index (χ3n) is 4.96. The Balaban J connectivity index is 1.30. The summed E-state index contributed by atoms with van der Waals surface area (Å²) in [6, 6.07) is 17.0. The summed E-state index contributed by atoms with van der Waals surface area (Å²) < 4.78 is 5.91. The molecule has 31 heavy (non-hydrogen) atoms.